The minimum atomic E-state index is -1.93. The zero-order valence-electron chi connectivity index (χ0n) is 53.5. The molecule has 1 aliphatic heterocycles. The number of hydrogen-bond donors (Lipinski definition) is 20. The Kier molecular flexibility index (Phi) is 32.2. The van der Waals surface area contributed by atoms with Crippen LogP contribution in [0.5, 0.6) is 11.5 Å². The fourth-order valence-corrected chi connectivity index (χ4v) is 9.53. The topological polar surface area (TPSA) is 592 Å². The fourth-order valence-electron chi connectivity index (χ4n) is 9.53. The third-order valence-electron chi connectivity index (χ3n) is 14.5. The van der Waals surface area contributed by atoms with Crippen LogP contribution in [0.4, 0.5) is 0 Å². The van der Waals surface area contributed by atoms with E-state index in [2.05, 4.69) is 63.5 Å². The van der Waals surface area contributed by atoms with Gasteiger partial charge in [-0.25, -0.2) is 0 Å². The van der Waals surface area contributed by atoms with Crippen molar-refractivity contribution in [1.29, 1.82) is 0 Å². The number of carbonyl (C=O) groups is 14. The number of aliphatic imine (C=N–C) groups is 1. The molecule has 1 fully saturated rings. The first-order valence-corrected chi connectivity index (χ1v) is 30.3. The number of nitrogens with one attached hydrogen (secondary N) is 11. The molecule has 36 nitrogen and oxygen atoms in total. The molecule has 3 rings (SSSR count). The van der Waals surface area contributed by atoms with E-state index >= 15 is 0 Å². The van der Waals surface area contributed by atoms with Gasteiger partial charge in [0.05, 0.1) is 32.3 Å². The van der Waals surface area contributed by atoms with Crippen LogP contribution in [0, 0.1) is 5.92 Å². The lowest BCUT2D eigenvalue weighted by atomic mass is 10.0. The van der Waals surface area contributed by atoms with Crippen molar-refractivity contribution in [3.63, 3.8) is 0 Å². The molecular formula is C59H89N17O19. The standard InChI is InChI=1S/C59H89N17O19/c1-28(2)21-38(68-32(6)80)52(89)72-40(23-34-13-17-36(82)18-14-34)54(91)70-37(9-7-19-64-59(62)63)51(88)66-29(3)49(86)71-41(24-45(60)83)55(92)75-47(31(5)79)57(94)67-30(4)50(87)74-43(27-78)58(95)76-20-8-10-44(76)56(93)65-25-46(84)69-39(22-33-11-15-35(81)16-12-33)53(90)73-42(26-77)48(61)85/h11-18,28-31,37-44,47,77-79,81-82H,7-10,19-27H2,1-6H3,(H2,60,83)(H2,61,85)(H,65,93)(H,66,88)(H,67,94)(H,68,80)(H,69,84)(H,70,91)(H,71,86)(H,72,89)(H,73,90)(H,74,87)(H,75,92)(H4,62,63,64)/t29-,30-,31+,37-,38-,39-,40-,41-,42-,43-,44-,47-/m0/s1. The average Bonchev–Trinajstić information content (AvgIpc) is 1.78. The van der Waals surface area contributed by atoms with Crippen LogP contribution in [0.3, 0.4) is 0 Å². The van der Waals surface area contributed by atoms with Crippen molar-refractivity contribution in [2.24, 2.45) is 33.8 Å². The van der Waals surface area contributed by atoms with Crippen molar-refractivity contribution in [3.8, 4) is 11.5 Å². The Morgan fingerprint density at radius 2 is 1.02 bits per heavy atom. The zero-order valence-corrected chi connectivity index (χ0v) is 53.5. The minimum absolute atomic E-state index is 0.0267. The first-order valence-electron chi connectivity index (χ1n) is 30.3. The minimum Gasteiger partial charge on any atom is -0.508 e. The molecule has 524 valence electrons. The summed E-state index contributed by atoms with van der Waals surface area (Å²) in [7, 11) is 0. The number of aliphatic hydroxyl groups is 3. The van der Waals surface area contributed by atoms with Crippen molar-refractivity contribution >= 4 is 88.7 Å². The van der Waals surface area contributed by atoms with Crippen molar-refractivity contribution in [3.05, 3.63) is 59.7 Å². The highest BCUT2D eigenvalue weighted by molar-refractivity contribution is 6.00. The van der Waals surface area contributed by atoms with Crippen LogP contribution >= 0.6 is 0 Å². The maximum absolute atomic E-state index is 14.2. The van der Waals surface area contributed by atoms with Gasteiger partial charge in [-0.3, -0.25) is 72.1 Å². The Bertz CT molecular complexity index is 3070. The summed E-state index contributed by atoms with van der Waals surface area (Å²) in [6, 6.07) is -5.50. The summed E-state index contributed by atoms with van der Waals surface area (Å²) in [4.78, 5) is 191. The third kappa shape index (κ3) is 27.1. The first kappa shape index (κ1) is 79.0. The van der Waals surface area contributed by atoms with Crippen LogP contribution in [0.25, 0.3) is 0 Å². The predicted molar refractivity (Wildman–Crippen MR) is 336 cm³/mol. The highest BCUT2D eigenvalue weighted by Gasteiger charge is 2.40. The summed E-state index contributed by atoms with van der Waals surface area (Å²) < 4.78 is 0. The van der Waals surface area contributed by atoms with E-state index in [1.54, 1.807) is 0 Å². The molecule has 0 saturated carbocycles. The second-order valence-corrected chi connectivity index (χ2v) is 23.0. The fraction of sp³-hybridized carbons (Fsp3) is 0.542. The van der Waals surface area contributed by atoms with Crippen LogP contribution < -0.4 is 81.4 Å². The molecule has 1 heterocycles. The normalized spacial score (nSPS) is 16.1. The Morgan fingerprint density at radius 3 is 1.51 bits per heavy atom. The van der Waals surface area contributed by atoms with Crippen molar-refractivity contribution in [2.45, 2.75) is 165 Å². The van der Waals surface area contributed by atoms with Gasteiger partial charge < -0.3 is 112 Å². The number of hydrogen-bond acceptors (Lipinski definition) is 20. The van der Waals surface area contributed by atoms with Crippen LogP contribution in [-0.4, -0.2) is 225 Å². The van der Waals surface area contributed by atoms with Gasteiger partial charge in [0, 0.05) is 32.9 Å². The van der Waals surface area contributed by atoms with Gasteiger partial charge in [-0.05, 0) is 94.2 Å². The molecular weight excluding hydrogens is 1250 g/mol. The highest BCUT2D eigenvalue weighted by Crippen LogP contribution is 2.20. The number of aliphatic hydroxyl groups excluding tert-OH is 3. The van der Waals surface area contributed by atoms with Gasteiger partial charge in [0.15, 0.2) is 5.96 Å². The smallest absolute Gasteiger partial charge is 0.248 e. The molecule has 0 spiro atoms. The van der Waals surface area contributed by atoms with Crippen LogP contribution in [-0.2, 0) is 80.0 Å². The Balaban J connectivity index is 1.71. The van der Waals surface area contributed by atoms with E-state index in [-0.39, 0.29) is 81.4 Å². The SMILES string of the molecule is CC(=O)N[C@@H](CC(C)C)C(=O)N[C@@H](Cc1ccc(O)cc1)C(=O)N[C@@H](CCCN=C(N)N)C(=O)N[C@@H](C)C(=O)N[C@@H](CC(N)=O)C(=O)N[C@H](C(=O)N[C@@H](C)C(=O)N[C@@H](CO)C(=O)N1CCC[C@H]1C(=O)NCC(=O)N[C@@H](Cc1ccc(O)cc1)C(=O)N[C@@H](CO)C(N)=O)[C@@H](C)O. The van der Waals surface area contributed by atoms with Gasteiger partial charge in [-0.1, -0.05) is 38.1 Å². The number of guanidine groups is 1. The summed E-state index contributed by atoms with van der Waals surface area (Å²) in [5, 5.41) is 76.2. The maximum atomic E-state index is 14.2. The number of rotatable bonds is 38. The highest BCUT2D eigenvalue weighted by atomic mass is 16.3. The molecule has 0 bridgehead atoms. The quantitative estimate of drug-likeness (QED) is 0.0169. The summed E-state index contributed by atoms with van der Waals surface area (Å²) in [5.41, 5.74) is 22.5. The van der Waals surface area contributed by atoms with E-state index in [0.29, 0.717) is 11.1 Å². The number of carbonyl (C=O) groups excluding carboxylic acids is 14. The van der Waals surface area contributed by atoms with Gasteiger partial charge in [-0.15, -0.1) is 0 Å². The van der Waals surface area contributed by atoms with E-state index in [1.807, 2.05) is 13.8 Å². The molecule has 12 atom stereocenters. The lowest BCUT2D eigenvalue weighted by Gasteiger charge is -2.29. The van der Waals surface area contributed by atoms with Gasteiger partial charge in [0.25, 0.3) is 0 Å². The molecule has 2 aromatic rings. The molecule has 14 amide bonds. The van der Waals surface area contributed by atoms with E-state index in [1.165, 1.54) is 62.4 Å². The number of nitrogens with zero attached hydrogens (tertiary/aromatic N) is 2. The van der Waals surface area contributed by atoms with Crippen molar-refractivity contribution < 1.29 is 92.7 Å². The monoisotopic (exact) mass is 1340 g/mol. The molecule has 0 unspecified atom stereocenters. The first-order chi connectivity index (χ1) is 44.6. The summed E-state index contributed by atoms with van der Waals surface area (Å²) >= 11 is 0. The molecule has 0 aliphatic carbocycles. The van der Waals surface area contributed by atoms with Crippen LogP contribution in [0.1, 0.15) is 91.2 Å². The number of amides is 14. The number of aromatic hydroxyl groups is 2. The van der Waals surface area contributed by atoms with Crippen molar-refractivity contribution in [2.75, 3.05) is 32.8 Å². The largest absolute Gasteiger partial charge is 0.508 e. The number of phenolic OH excluding ortho intramolecular Hbond substituents is 2. The van der Waals surface area contributed by atoms with Crippen LogP contribution in [0.2, 0.25) is 0 Å². The van der Waals surface area contributed by atoms with Gasteiger partial charge in [0.1, 0.15) is 78.0 Å². The van der Waals surface area contributed by atoms with Gasteiger partial charge >= 0.3 is 0 Å². The molecule has 0 aromatic heterocycles. The van der Waals surface area contributed by atoms with E-state index in [4.69, 9.17) is 22.9 Å². The number of phenols is 2. The van der Waals surface area contributed by atoms with Gasteiger partial charge in [0.2, 0.25) is 82.7 Å². The summed E-state index contributed by atoms with van der Waals surface area (Å²) in [5.74, 6) is -14.2. The van der Waals surface area contributed by atoms with E-state index in [9.17, 15) is 92.7 Å². The number of primary amides is 2. The number of likely N-dealkylation sites (tertiary alicyclic amines) is 1. The van der Waals surface area contributed by atoms with E-state index in [0.717, 1.165) is 18.7 Å². The molecule has 1 aliphatic rings. The molecule has 1 saturated heterocycles. The number of nitrogens with two attached hydrogens (primary N) is 4. The third-order valence-corrected chi connectivity index (χ3v) is 14.5. The molecule has 36 heteroatoms. The summed E-state index contributed by atoms with van der Waals surface area (Å²) in [6.45, 7) is 5.51. The molecule has 24 N–H and O–H groups in total. The Labute approximate surface area is 546 Å². The van der Waals surface area contributed by atoms with Crippen LogP contribution in [0.15, 0.2) is 53.5 Å². The Morgan fingerprint density at radius 1 is 0.558 bits per heavy atom. The lowest BCUT2D eigenvalue weighted by Crippen LogP contribution is -2.62. The number of benzene rings is 2. The zero-order chi connectivity index (χ0) is 71.4. The summed E-state index contributed by atoms with van der Waals surface area (Å²) in [6.07, 6.45) is -2.60. The molecule has 95 heavy (non-hydrogen) atoms. The average molecular weight is 1340 g/mol. The van der Waals surface area contributed by atoms with E-state index < -0.39 is 181 Å². The molecule has 0 radical (unpaired) electrons. The lowest BCUT2D eigenvalue weighted by molar-refractivity contribution is -0.143. The maximum Gasteiger partial charge on any atom is 0.248 e. The predicted octanol–water partition coefficient (Wildman–Crippen LogP) is -8.28. The second-order valence-electron chi connectivity index (χ2n) is 23.0. The van der Waals surface area contributed by atoms with Crippen molar-refractivity contribution in [1.82, 2.24) is 63.4 Å². The van der Waals surface area contributed by atoms with Gasteiger partial charge in [-0.2, -0.15) is 0 Å². The Hall–Kier alpha value is -10.2. The molecule has 2 aromatic carbocycles. The second kappa shape index (κ2) is 38.7.